The normalized spacial score (nSPS) is 11.4. The van der Waals surface area contributed by atoms with Crippen molar-refractivity contribution < 1.29 is 17.9 Å². The maximum absolute atomic E-state index is 13.3. The minimum atomic E-state index is -4.12. The number of para-hydroxylation sites is 2. The van der Waals surface area contributed by atoms with Gasteiger partial charge in [0.1, 0.15) is 10.6 Å². The number of aryl methyl sites for hydroxylation is 1. The van der Waals surface area contributed by atoms with Crippen LogP contribution in [0.1, 0.15) is 21.6 Å². The molecular formula is C23H18Cl2N4O4S. The summed E-state index contributed by atoms with van der Waals surface area (Å²) >= 11 is 12.1. The topological polar surface area (TPSA) is 124 Å². The van der Waals surface area contributed by atoms with Gasteiger partial charge in [0.25, 0.3) is 11.8 Å². The lowest BCUT2D eigenvalue weighted by Gasteiger charge is -2.15. The number of aromatic nitrogens is 2. The average molecular weight is 517 g/mol. The standard InChI is InChI=1S/C23H18Cl2N4O4S/c1-12-11-14(24)7-10-19(12)33-23-20(27-17-5-3-4-6-18(17)29-23)22(30)28-16-9-8-15(25)21(13(16)2)34(26,31)32/h3-11H,1-2H3,(H,28,30)(H2,26,31,32). The highest BCUT2D eigenvalue weighted by molar-refractivity contribution is 7.89. The van der Waals surface area contributed by atoms with Crippen LogP contribution in [0.5, 0.6) is 11.6 Å². The van der Waals surface area contributed by atoms with Crippen molar-refractivity contribution in [3.63, 3.8) is 0 Å². The van der Waals surface area contributed by atoms with E-state index in [-0.39, 0.29) is 32.7 Å². The predicted octanol–water partition coefficient (Wildman–Crippen LogP) is 5.25. The van der Waals surface area contributed by atoms with Crippen LogP contribution in [0, 0.1) is 13.8 Å². The molecule has 34 heavy (non-hydrogen) atoms. The minimum Gasteiger partial charge on any atom is -0.437 e. The van der Waals surface area contributed by atoms with Gasteiger partial charge < -0.3 is 10.1 Å². The van der Waals surface area contributed by atoms with Gasteiger partial charge in [-0.15, -0.1) is 0 Å². The van der Waals surface area contributed by atoms with E-state index < -0.39 is 15.9 Å². The molecule has 0 unspecified atom stereocenters. The quantitative estimate of drug-likeness (QED) is 0.373. The second-order valence-electron chi connectivity index (χ2n) is 7.43. The molecule has 4 aromatic rings. The third-order valence-electron chi connectivity index (χ3n) is 4.99. The first kappa shape index (κ1) is 23.9. The van der Waals surface area contributed by atoms with Crippen molar-refractivity contribution in [3.8, 4) is 11.6 Å². The van der Waals surface area contributed by atoms with Gasteiger partial charge in [0.05, 0.1) is 16.1 Å². The second-order valence-corrected chi connectivity index (χ2v) is 9.77. The van der Waals surface area contributed by atoms with Gasteiger partial charge in [-0.3, -0.25) is 4.79 Å². The SMILES string of the molecule is Cc1cc(Cl)ccc1Oc1nc2ccccc2nc1C(=O)Nc1ccc(Cl)c(S(N)(=O)=O)c1C. The molecule has 11 heteroatoms. The largest absolute Gasteiger partial charge is 0.437 e. The number of anilines is 1. The first-order valence-electron chi connectivity index (χ1n) is 9.88. The highest BCUT2D eigenvalue weighted by Gasteiger charge is 2.23. The van der Waals surface area contributed by atoms with E-state index in [0.29, 0.717) is 21.8 Å². The lowest BCUT2D eigenvalue weighted by atomic mass is 10.2. The summed E-state index contributed by atoms with van der Waals surface area (Å²) in [5, 5.41) is 8.44. The molecule has 0 fully saturated rings. The molecule has 1 heterocycles. The third-order valence-corrected chi connectivity index (χ3v) is 6.75. The molecule has 0 atom stereocenters. The number of primary sulfonamides is 1. The summed E-state index contributed by atoms with van der Waals surface area (Å²) in [5.41, 5.74) is 2.03. The number of benzene rings is 3. The molecule has 3 aromatic carbocycles. The maximum Gasteiger partial charge on any atom is 0.279 e. The summed E-state index contributed by atoms with van der Waals surface area (Å²) in [7, 11) is -4.12. The van der Waals surface area contributed by atoms with Gasteiger partial charge in [-0.2, -0.15) is 0 Å². The van der Waals surface area contributed by atoms with E-state index in [2.05, 4.69) is 15.3 Å². The molecule has 1 amide bonds. The lowest BCUT2D eigenvalue weighted by Crippen LogP contribution is -2.19. The van der Waals surface area contributed by atoms with E-state index >= 15 is 0 Å². The van der Waals surface area contributed by atoms with Crippen molar-refractivity contribution in [2.75, 3.05) is 5.32 Å². The van der Waals surface area contributed by atoms with Crippen molar-refractivity contribution in [2.24, 2.45) is 5.14 Å². The van der Waals surface area contributed by atoms with Crippen LogP contribution in [0.2, 0.25) is 10.0 Å². The molecule has 0 aliphatic carbocycles. The number of hydrogen-bond donors (Lipinski definition) is 2. The van der Waals surface area contributed by atoms with Gasteiger partial charge in [0, 0.05) is 10.7 Å². The average Bonchev–Trinajstić information content (AvgIpc) is 2.76. The van der Waals surface area contributed by atoms with Crippen LogP contribution in [0.15, 0.2) is 59.5 Å². The molecule has 0 aliphatic rings. The summed E-state index contributed by atoms with van der Waals surface area (Å²) < 4.78 is 29.9. The van der Waals surface area contributed by atoms with E-state index in [0.717, 1.165) is 5.56 Å². The first-order chi connectivity index (χ1) is 16.0. The number of halogens is 2. The van der Waals surface area contributed by atoms with Gasteiger partial charge >= 0.3 is 0 Å². The monoisotopic (exact) mass is 516 g/mol. The Hall–Kier alpha value is -3.24. The van der Waals surface area contributed by atoms with Crippen molar-refractivity contribution >= 4 is 55.9 Å². The Kier molecular flexibility index (Phi) is 6.46. The summed E-state index contributed by atoms with van der Waals surface area (Å²) in [6.07, 6.45) is 0. The fourth-order valence-corrected chi connectivity index (χ4v) is 4.99. The number of rotatable bonds is 5. The third kappa shape index (κ3) is 4.83. The van der Waals surface area contributed by atoms with Crippen molar-refractivity contribution in [1.82, 2.24) is 9.97 Å². The molecule has 8 nitrogen and oxygen atoms in total. The van der Waals surface area contributed by atoms with Crippen LogP contribution in [0.25, 0.3) is 11.0 Å². The Morgan fingerprint density at radius 1 is 1.00 bits per heavy atom. The number of nitrogens with zero attached hydrogens (tertiary/aromatic N) is 2. The fourth-order valence-electron chi connectivity index (χ4n) is 3.36. The van der Waals surface area contributed by atoms with E-state index in [1.807, 2.05) is 0 Å². The molecule has 0 aliphatic heterocycles. The smallest absolute Gasteiger partial charge is 0.279 e. The van der Waals surface area contributed by atoms with E-state index in [1.54, 1.807) is 49.4 Å². The van der Waals surface area contributed by atoms with Crippen molar-refractivity contribution in [3.05, 3.63) is 81.5 Å². The Morgan fingerprint density at radius 3 is 2.32 bits per heavy atom. The maximum atomic E-state index is 13.3. The second kappa shape index (κ2) is 9.19. The molecule has 0 bridgehead atoms. The minimum absolute atomic E-state index is 0.0279. The molecule has 0 saturated heterocycles. The Morgan fingerprint density at radius 2 is 1.68 bits per heavy atom. The van der Waals surface area contributed by atoms with Gasteiger partial charge in [-0.25, -0.2) is 23.5 Å². The fraction of sp³-hybridized carbons (Fsp3) is 0.0870. The number of hydrogen-bond acceptors (Lipinski definition) is 6. The van der Waals surface area contributed by atoms with Crippen LogP contribution >= 0.6 is 23.2 Å². The van der Waals surface area contributed by atoms with E-state index in [9.17, 15) is 13.2 Å². The summed E-state index contributed by atoms with van der Waals surface area (Å²) in [5.74, 6) is -0.243. The molecule has 174 valence electrons. The highest BCUT2D eigenvalue weighted by atomic mass is 35.5. The number of carbonyl (C=O) groups is 1. The van der Waals surface area contributed by atoms with E-state index in [4.69, 9.17) is 33.1 Å². The predicted molar refractivity (Wildman–Crippen MR) is 131 cm³/mol. The molecule has 3 N–H and O–H groups in total. The number of sulfonamides is 1. The van der Waals surface area contributed by atoms with Gasteiger partial charge in [0.15, 0.2) is 5.69 Å². The zero-order valence-electron chi connectivity index (χ0n) is 18.0. The van der Waals surface area contributed by atoms with Gasteiger partial charge in [-0.05, 0) is 67.4 Å². The van der Waals surface area contributed by atoms with Crippen LogP contribution in [-0.2, 0) is 10.0 Å². The molecule has 4 rings (SSSR count). The zero-order chi connectivity index (χ0) is 24.6. The van der Waals surface area contributed by atoms with Crippen LogP contribution in [0.4, 0.5) is 5.69 Å². The molecule has 0 saturated carbocycles. The first-order valence-corrected chi connectivity index (χ1v) is 12.2. The Labute approximate surface area is 205 Å². The molecule has 1 aromatic heterocycles. The Bertz CT molecular complexity index is 1560. The number of amides is 1. The van der Waals surface area contributed by atoms with E-state index in [1.165, 1.54) is 19.1 Å². The summed E-state index contributed by atoms with van der Waals surface area (Å²) in [6.45, 7) is 3.29. The molecule has 0 spiro atoms. The zero-order valence-corrected chi connectivity index (χ0v) is 20.3. The van der Waals surface area contributed by atoms with Gasteiger partial charge in [-0.1, -0.05) is 35.3 Å². The van der Waals surface area contributed by atoms with Crippen LogP contribution in [-0.4, -0.2) is 24.3 Å². The summed E-state index contributed by atoms with van der Waals surface area (Å²) in [4.78, 5) is 21.9. The summed E-state index contributed by atoms with van der Waals surface area (Å²) in [6, 6.07) is 14.9. The number of nitrogens with one attached hydrogen (secondary N) is 1. The molecule has 0 radical (unpaired) electrons. The number of nitrogens with two attached hydrogens (primary N) is 1. The van der Waals surface area contributed by atoms with Gasteiger partial charge in [0.2, 0.25) is 10.0 Å². The van der Waals surface area contributed by atoms with Crippen LogP contribution in [0.3, 0.4) is 0 Å². The Balaban J connectivity index is 1.79. The number of ether oxygens (including phenoxy) is 1. The van der Waals surface area contributed by atoms with Crippen molar-refractivity contribution in [1.29, 1.82) is 0 Å². The number of fused-ring (bicyclic) bond motifs is 1. The van der Waals surface area contributed by atoms with Crippen molar-refractivity contribution in [2.45, 2.75) is 18.7 Å². The molecular weight excluding hydrogens is 499 g/mol. The highest BCUT2D eigenvalue weighted by Crippen LogP contribution is 2.32. The number of carbonyl (C=O) groups excluding carboxylic acids is 1. The van der Waals surface area contributed by atoms with Crippen LogP contribution < -0.4 is 15.2 Å². The lowest BCUT2D eigenvalue weighted by molar-refractivity contribution is 0.101.